The van der Waals surface area contributed by atoms with E-state index in [9.17, 15) is 13.5 Å². The van der Waals surface area contributed by atoms with Crippen molar-refractivity contribution in [3.63, 3.8) is 0 Å². The number of para-hydroxylation sites is 1. The van der Waals surface area contributed by atoms with E-state index in [1.165, 1.54) is 3.97 Å². The Hall–Kier alpha value is -3.83. The van der Waals surface area contributed by atoms with Crippen LogP contribution in [0.4, 0.5) is 0 Å². The van der Waals surface area contributed by atoms with Crippen LogP contribution in [0.5, 0.6) is 0 Å². The van der Waals surface area contributed by atoms with Gasteiger partial charge >= 0.3 is 0 Å². The Balaban J connectivity index is 1.17. The molecule has 1 saturated heterocycles. The van der Waals surface area contributed by atoms with Crippen LogP contribution in [0.15, 0.2) is 126 Å². The number of nitrogens with zero attached hydrogens (tertiary/aromatic N) is 1. The van der Waals surface area contributed by atoms with Gasteiger partial charge in [-0.1, -0.05) is 97.1 Å². The number of rotatable bonds is 13. The Morgan fingerprint density at radius 1 is 0.733 bits per heavy atom. The summed E-state index contributed by atoms with van der Waals surface area (Å²) < 4.78 is 53.5. The SMILES string of the molecule is O=S(=O)(c1ccccc1)n1cc(CCO[C@@H]2O[C@H](CO)[C@@H](OCc3ccccc3)C[C@H]2OCc2ccccc2)c2ccccc21. The molecule has 0 bridgehead atoms. The quantitative estimate of drug-likeness (QED) is 0.179. The van der Waals surface area contributed by atoms with E-state index in [-0.39, 0.29) is 18.1 Å². The number of aliphatic hydroxyl groups is 1. The predicted molar refractivity (Wildman–Crippen MR) is 171 cm³/mol. The van der Waals surface area contributed by atoms with Crippen LogP contribution < -0.4 is 0 Å². The van der Waals surface area contributed by atoms with Gasteiger partial charge in [0.15, 0.2) is 6.29 Å². The largest absolute Gasteiger partial charge is 0.394 e. The molecule has 1 aromatic heterocycles. The summed E-state index contributed by atoms with van der Waals surface area (Å²) in [5.41, 5.74) is 3.50. The smallest absolute Gasteiger partial charge is 0.268 e. The maximum Gasteiger partial charge on any atom is 0.268 e. The molecule has 0 amide bonds. The number of aromatic nitrogens is 1. The van der Waals surface area contributed by atoms with Gasteiger partial charge in [0.25, 0.3) is 10.0 Å². The average Bonchev–Trinajstić information content (AvgIpc) is 3.47. The zero-order chi connectivity index (χ0) is 31.1. The van der Waals surface area contributed by atoms with Crippen molar-refractivity contribution in [3.8, 4) is 0 Å². The average molecular weight is 628 g/mol. The van der Waals surface area contributed by atoms with E-state index in [1.54, 1.807) is 42.6 Å². The minimum Gasteiger partial charge on any atom is -0.394 e. The van der Waals surface area contributed by atoms with Gasteiger partial charge < -0.3 is 24.1 Å². The minimum absolute atomic E-state index is 0.224. The van der Waals surface area contributed by atoms with Crippen LogP contribution in [-0.4, -0.2) is 55.3 Å². The summed E-state index contributed by atoms with van der Waals surface area (Å²) in [6.07, 6.45) is 0.416. The van der Waals surface area contributed by atoms with Crippen LogP contribution >= 0.6 is 0 Å². The molecular weight excluding hydrogens is 590 g/mol. The molecule has 0 saturated carbocycles. The van der Waals surface area contributed by atoms with Crippen LogP contribution in [0.3, 0.4) is 0 Å². The normalized spacial score (nSPS) is 20.4. The zero-order valence-electron chi connectivity index (χ0n) is 24.9. The van der Waals surface area contributed by atoms with Crippen molar-refractivity contribution in [1.29, 1.82) is 0 Å². The van der Waals surface area contributed by atoms with Crippen molar-refractivity contribution >= 4 is 20.9 Å². The lowest BCUT2D eigenvalue weighted by atomic mass is 10.0. The lowest BCUT2D eigenvalue weighted by Gasteiger charge is -2.40. The van der Waals surface area contributed by atoms with Crippen LogP contribution in [0.2, 0.25) is 0 Å². The minimum atomic E-state index is -3.79. The maximum atomic E-state index is 13.5. The fraction of sp³-hybridized carbons (Fsp3) is 0.278. The lowest BCUT2D eigenvalue weighted by molar-refractivity contribution is -0.287. The third-order valence-electron chi connectivity index (χ3n) is 8.00. The van der Waals surface area contributed by atoms with E-state index < -0.39 is 34.6 Å². The first-order valence-corrected chi connectivity index (χ1v) is 16.6. The maximum absolute atomic E-state index is 13.5. The molecule has 8 nitrogen and oxygen atoms in total. The molecule has 1 N–H and O–H groups in total. The third-order valence-corrected chi connectivity index (χ3v) is 9.69. The van der Waals surface area contributed by atoms with Gasteiger partial charge in [0.05, 0.1) is 42.9 Å². The van der Waals surface area contributed by atoms with Crippen molar-refractivity contribution in [2.45, 2.75) is 55.6 Å². The van der Waals surface area contributed by atoms with E-state index in [0.29, 0.717) is 31.6 Å². The van der Waals surface area contributed by atoms with Crippen molar-refractivity contribution in [2.24, 2.45) is 0 Å². The molecule has 6 rings (SSSR count). The Morgan fingerprint density at radius 3 is 1.96 bits per heavy atom. The molecule has 9 heteroatoms. The van der Waals surface area contributed by atoms with E-state index in [2.05, 4.69) is 0 Å². The Morgan fingerprint density at radius 2 is 1.31 bits per heavy atom. The van der Waals surface area contributed by atoms with Crippen LogP contribution in [-0.2, 0) is 48.6 Å². The molecule has 234 valence electrons. The molecule has 4 atom stereocenters. The van der Waals surface area contributed by atoms with Crippen molar-refractivity contribution < 1.29 is 32.5 Å². The topological polar surface area (TPSA) is 96.2 Å². The molecule has 0 spiro atoms. The summed E-state index contributed by atoms with van der Waals surface area (Å²) in [5, 5.41) is 11.0. The molecule has 0 radical (unpaired) electrons. The second kappa shape index (κ2) is 14.5. The van der Waals surface area contributed by atoms with Gasteiger partial charge in [-0.15, -0.1) is 0 Å². The van der Waals surface area contributed by atoms with Crippen molar-refractivity contribution in [1.82, 2.24) is 3.97 Å². The number of ether oxygens (including phenoxy) is 4. The number of hydrogen-bond donors (Lipinski definition) is 1. The fourth-order valence-corrected chi connectivity index (χ4v) is 7.04. The number of aliphatic hydroxyl groups excluding tert-OH is 1. The van der Waals surface area contributed by atoms with Gasteiger partial charge in [-0.3, -0.25) is 0 Å². The monoisotopic (exact) mass is 627 g/mol. The van der Waals surface area contributed by atoms with Gasteiger partial charge in [0.1, 0.15) is 12.2 Å². The van der Waals surface area contributed by atoms with Gasteiger partial charge in [0.2, 0.25) is 0 Å². The third kappa shape index (κ3) is 7.36. The van der Waals surface area contributed by atoms with Crippen LogP contribution in [0.1, 0.15) is 23.1 Å². The molecular formula is C36H37NO7S. The first-order valence-electron chi connectivity index (χ1n) is 15.1. The summed E-state index contributed by atoms with van der Waals surface area (Å²) in [6, 6.07) is 35.6. The highest BCUT2D eigenvalue weighted by Crippen LogP contribution is 2.29. The predicted octanol–water partition coefficient (Wildman–Crippen LogP) is 5.72. The molecule has 0 unspecified atom stereocenters. The molecule has 45 heavy (non-hydrogen) atoms. The molecule has 0 aliphatic carbocycles. The first-order chi connectivity index (χ1) is 22.0. The van der Waals surface area contributed by atoms with E-state index in [4.69, 9.17) is 18.9 Å². The van der Waals surface area contributed by atoms with Crippen molar-refractivity contribution in [3.05, 3.63) is 138 Å². The summed E-state index contributed by atoms with van der Waals surface area (Å²) in [7, 11) is -3.79. The summed E-state index contributed by atoms with van der Waals surface area (Å²) >= 11 is 0. The van der Waals surface area contributed by atoms with Gasteiger partial charge in [-0.2, -0.15) is 0 Å². The summed E-state index contributed by atoms with van der Waals surface area (Å²) in [5.74, 6) is 0. The number of fused-ring (bicyclic) bond motifs is 1. The molecule has 4 aromatic carbocycles. The molecule has 1 aliphatic heterocycles. The highest BCUT2D eigenvalue weighted by molar-refractivity contribution is 7.90. The number of benzene rings is 4. The van der Waals surface area contributed by atoms with E-state index in [1.807, 2.05) is 78.9 Å². The standard InChI is InChI=1S/C36H37NO7S/c38-24-35-33(42-25-27-12-4-1-5-13-27)22-34(43-26-28-14-6-2-7-15-28)36(44-35)41-21-20-29-23-37(32-19-11-10-18-31(29)32)45(39,40)30-16-8-3-9-17-30/h1-19,23,33-36,38H,20-22,24-26H2/t33-,34+,35+,36+/m0/s1. The van der Waals surface area contributed by atoms with Crippen molar-refractivity contribution in [2.75, 3.05) is 13.2 Å². The first kappa shape index (κ1) is 31.2. The van der Waals surface area contributed by atoms with Crippen LogP contribution in [0.25, 0.3) is 10.9 Å². The van der Waals surface area contributed by atoms with Crippen LogP contribution in [0, 0.1) is 0 Å². The van der Waals surface area contributed by atoms with Gasteiger partial charge in [-0.25, -0.2) is 12.4 Å². The molecule has 1 aliphatic rings. The Bertz CT molecular complexity index is 1760. The molecule has 1 fully saturated rings. The highest BCUT2D eigenvalue weighted by atomic mass is 32.2. The molecule has 2 heterocycles. The van der Waals surface area contributed by atoms with E-state index >= 15 is 0 Å². The summed E-state index contributed by atoms with van der Waals surface area (Å²) in [6.45, 7) is 0.783. The zero-order valence-corrected chi connectivity index (χ0v) is 25.7. The van der Waals surface area contributed by atoms with Gasteiger partial charge in [0, 0.05) is 18.0 Å². The van der Waals surface area contributed by atoms with Gasteiger partial charge in [-0.05, 0) is 41.3 Å². The fourth-order valence-electron chi connectivity index (χ4n) is 5.63. The Labute approximate surface area is 263 Å². The second-order valence-electron chi connectivity index (χ2n) is 11.0. The summed E-state index contributed by atoms with van der Waals surface area (Å²) in [4.78, 5) is 0.224. The molecule has 5 aromatic rings. The number of hydrogen-bond acceptors (Lipinski definition) is 7. The lowest BCUT2D eigenvalue weighted by Crippen LogP contribution is -2.51. The Kier molecular flexibility index (Phi) is 10.0. The highest BCUT2D eigenvalue weighted by Gasteiger charge is 2.40. The van der Waals surface area contributed by atoms with E-state index in [0.717, 1.165) is 22.1 Å². The second-order valence-corrected chi connectivity index (χ2v) is 12.9.